The molecule has 0 aromatic carbocycles. The van der Waals surface area contributed by atoms with Gasteiger partial charge in [-0.15, -0.1) is 0 Å². The van der Waals surface area contributed by atoms with E-state index in [1.165, 1.54) is 5.56 Å². The number of rotatable bonds is 1. The van der Waals surface area contributed by atoms with Crippen LogP contribution in [0, 0.1) is 9.24 Å². The van der Waals surface area contributed by atoms with E-state index in [4.69, 9.17) is 12.2 Å². The first-order chi connectivity index (χ1) is 4.99. The van der Waals surface area contributed by atoms with Gasteiger partial charge in [0.1, 0.15) is 3.82 Å². The molecule has 3 heteroatoms. The smallest absolute Gasteiger partial charge is 0.0869 e. The van der Waals surface area contributed by atoms with Crippen molar-refractivity contribution in [1.29, 1.82) is 0 Å². The topological polar surface area (TPSA) is 0 Å². The summed E-state index contributed by atoms with van der Waals surface area (Å²) < 4.78 is 1.07. The molecule has 0 aliphatic heterocycles. The quantitative estimate of drug-likeness (QED) is 0.489. The minimum Gasteiger partial charge on any atom is -0.0869 e. The maximum absolute atomic E-state index is 5.18. The van der Waals surface area contributed by atoms with E-state index in [1.807, 2.05) is 0 Å². The number of hydrogen-bond acceptors (Lipinski definition) is 3. The van der Waals surface area contributed by atoms with Crippen LogP contribution in [0.3, 0.4) is 0 Å². The Balaban J connectivity index is 2.80. The third-order valence-electron chi connectivity index (χ3n) is 1.30. The molecule has 0 amide bonds. The Hall–Kier alpha value is 0.270. The van der Waals surface area contributed by atoms with Crippen molar-refractivity contribution in [3.8, 4) is 0 Å². The second-order valence-corrected chi connectivity index (χ2v) is 6.59. The zero-order chi connectivity index (χ0) is 8.48. The van der Waals surface area contributed by atoms with Gasteiger partial charge in [-0.25, -0.2) is 0 Å². The van der Waals surface area contributed by atoms with Crippen LogP contribution in [0.2, 0.25) is 0 Å². The Morgan fingerprint density at radius 3 is 2.45 bits per heavy atom. The van der Waals surface area contributed by atoms with Crippen molar-refractivity contribution >= 4 is 32.9 Å². The molecular weight excluding hydrogens is 192 g/mol. The summed E-state index contributed by atoms with van der Waals surface area (Å²) in [5.41, 5.74) is 1.71. The standard InChI is InChI=1S/C8H12S3/c1-8(2,3)4-6-5-10-11-7(6)9/h5H,4H2,1-3H3. The Bertz CT molecular complexity index is 274. The molecule has 1 aromatic rings. The molecule has 0 N–H and O–H groups in total. The van der Waals surface area contributed by atoms with Crippen molar-refractivity contribution in [1.82, 2.24) is 0 Å². The van der Waals surface area contributed by atoms with Crippen LogP contribution in [0.25, 0.3) is 0 Å². The lowest BCUT2D eigenvalue weighted by Crippen LogP contribution is -2.08. The Labute approximate surface area is 80.3 Å². The van der Waals surface area contributed by atoms with E-state index in [0.717, 1.165) is 10.2 Å². The lowest BCUT2D eigenvalue weighted by Gasteiger charge is -2.16. The maximum atomic E-state index is 5.18. The molecule has 0 aliphatic carbocycles. The van der Waals surface area contributed by atoms with Crippen LogP contribution in [0.1, 0.15) is 26.3 Å². The van der Waals surface area contributed by atoms with E-state index < -0.39 is 0 Å². The fraction of sp³-hybridized carbons (Fsp3) is 0.625. The lowest BCUT2D eigenvalue weighted by atomic mass is 9.90. The molecule has 0 saturated heterocycles. The van der Waals surface area contributed by atoms with Gasteiger partial charge in [-0.05, 0) is 17.4 Å². The van der Waals surface area contributed by atoms with Gasteiger partial charge in [-0.3, -0.25) is 0 Å². The largest absolute Gasteiger partial charge is 0.105 e. The fourth-order valence-electron chi connectivity index (χ4n) is 0.913. The highest BCUT2D eigenvalue weighted by Gasteiger charge is 2.12. The zero-order valence-corrected chi connectivity index (χ0v) is 9.46. The third kappa shape index (κ3) is 3.01. The summed E-state index contributed by atoms with van der Waals surface area (Å²) in [5.74, 6) is 0. The summed E-state index contributed by atoms with van der Waals surface area (Å²) in [4.78, 5) is 0. The van der Waals surface area contributed by atoms with E-state index >= 15 is 0 Å². The van der Waals surface area contributed by atoms with Gasteiger partial charge >= 0.3 is 0 Å². The predicted molar refractivity (Wildman–Crippen MR) is 56.2 cm³/mol. The lowest BCUT2D eigenvalue weighted by molar-refractivity contribution is 0.411. The molecule has 1 rings (SSSR count). The van der Waals surface area contributed by atoms with Crippen LogP contribution < -0.4 is 0 Å². The summed E-state index contributed by atoms with van der Waals surface area (Å²) in [6, 6.07) is 0. The molecule has 0 fully saturated rings. The molecule has 1 aromatic heterocycles. The van der Waals surface area contributed by atoms with Crippen molar-refractivity contribution in [2.75, 3.05) is 0 Å². The van der Waals surface area contributed by atoms with E-state index in [-0.39, 0.29) is 0 Å². The van der Waals surface area contributed by atoms with Gasteiger partial charge in [-0.2, -0.15) is 0 Å². The van der Waals surface area contributed by atoms with Crippen LogP contribution in [0.5, 0.6) is 0 Å². The molecule has 62 valence electrons. The monoisotopic (exact) mass is 204 g/mol. The Morgan fingerprint density at radius 2 is 2.09 bits per heavy atom. The highest BCUT2D eigenvalue weighted by molar-refractivity contribution is 7.79. The highest BCUT2D eigenvalue weighted by Crippen LogP contribution is 2.25. The first-order valence-corrected chi connectivity index (χ1v) is 6.18. The van der Waals surface area contributed by atoms with E-state index in [0.29, 0.717) is 5.41 Å². The molecule has 0 bridgehead atoms. The average molecular weight is 204 g/mol. The van der Waals surface area contributed by atoms with Gasteiger partial charge in [0.05, 0.1) is 0 Å². The van der Waals surface area contributed by atoms with Crippen LogP contribution >= 0.6 is 32.9 Å². The molecule has 0 radical (unpaired) electrons. The van der Waals surface area contributed by atoms with Gasteiger partial charge in [-0.1, -0.05) is 53.7 Å². The number of hydrogen-bond donors (Lipinski definition) is 0. The second-order valence-electron chi connectivity index (χ2n) is 3.85. The highest BCUT2D eigenvalue weighted by atomic mass is 32.9. The molecule has 0 saturated carbocycles. The molecular formula is C8H12S3. The fourth-order valence-corrected chi connectivity index (χ4v) is 3.31. The zero-order valence-electron chi connectivity index (χ0n) is 7.01. The Kier molecular flexibility index (Phi) is 2.84. The normalized spacial score (nSPS) is 11.9. The van der Waals surface area contributed by atoms with Crippen molar-refractivity contribution in [2.24, 2.45) is 5.41 Å². The summed E-state index contributed by atoms with van der Waals surface area (Å²) >= 11 is 5.18. The van der Waals surface area contributed by atoms with Gasteiger partial charge in [0.25, 0.3) is 0 Å². The molecule has 1 heterocycles. The second kappa shape index (κ2) is 3.33. The van der Waals surface area contributed by atoms with Crippen molar-refractivity contribution in [3.05, 3.63) is 14.8 Å². The van der Waals surface area contributed by atoms with Crippen LogP contribution in [-0.4, -0.2) is 0 Å². The minimum atomic E-state index is 0.362. The predicted octanol–water partition coefficient (Wildman–Crippen LogP) is 4.13. The van der Waals surface area contributed by atoms with Crippen molar-refractivity contribution < 1.29 is 0 Å². The van der Waals surface area contributed by atoms with E-state index in [9.17, 15) is 0 Å². The third-order valence-corrected chi connectivity index (χ3v) is 4.09. The van der Waals surface area contributed by atoms with Crippen LogP contribution in [0.4, 0.5) is 0 Å². The van der Waals surface area contributed by atoms with Crippen molar-refractivity contribution in [2.45, 2.75) is 27.2 Å². The minimum absolute atomic E-state index is 0.362. The summed E-state index contributed by atoms with van der Waals surface area (Å²) in [6.45, 7) is 6.72. The van der Waals surface area contributed by atoms with Crippen LogP contribution in [0.15, 0.2) is 5.38 Å². The van der Waals surface area contributed by atoms with Gasteiger partial charge < -0.3 is 0 Å². The summed E-state index contributed by atoms with van der Waals surface area (Å²) in [7, 11) is 3.45. The first kappa shape index (κ1) is 9.36. The first-order valence-electron chi connectivity index (χ1n) is 3.56. The Morgan fingerprint density at radius 1 is 1.45 bits per heavy atom. The molecule has 0 spiro atoms. The van der Waals surface area contributed by atoms with Gasteiger partial charge in [0, 0.05) is 5.38 Å². The maximum Gasteiger partial charge on any atom is 0.105 e. The van der Waals surface area contributed by atoms with Gasteiger partial charge in [0.2, 0.25) is 0 Å². The molecule has 11 heavy (non-hydrogen) atoms. The molecule has 0 atom stereocenters. The van der Waals surface area contributed by atoms with Crippen molar-refractivity contribution in [3.63, 3.8) is 0 Å². The SMILES string of the molecule is CC(C)(C)Cc1cssc1=S. The molecule has 0 unspecified atom stereocenters. The summed E-state index contributed by atoms with van der Waals surface area (Å²) in [5, 5.41) is 2.18. The summed E-state index contributed by atoms with van der Waals surface area (Å²) in [6.07, 6.45) is 1.10. The molecule has 0 nitrogen and oxygen atoms in total. The van der Waals surface area contributed by atoms with E-state index in [1.54, 1.807) is 20.7 Å². The van der Waals surface area contributed by atoms with Gasteiger partial charge in [0.15, 0.2) is 0 Å². The van der Waals surface area contributed by atoms with E-state index in [2.05, 4.69) is 26.2 Å². The average Bonchev–Trinajstić information content (AvgIpc) is 2.12. The molecule has 0 aliphatic rings. The van der Waals surface area contributed by atoms with Crippen LogP contribution in [-0.2, 0) is 6.42 Å².